The second-order valence-electron chi connectivity index (χ2n) is 5.25. The van der Waals surface area contributed by atoms with E-state index in [9.17, 15) is 9.18 Å². The van der Waals surface area contributed by atoms with Gasteiger partial charge in [0.25, 0.3) is 0 Å². The van der Waals surface area contributed by atoms with Crippen LogP contribution in [0.15, 0.2) is 72.1 Å². The molecule has 6 heteroatoms. The van der Waals surface area contributed by atoms with Crippen molar-refractivity contribution >= 4 is 17.7 Å². The van der Waals surface area contributed by atoms with Crippen LogP contribution in [0.5, 0.6) is 0 Å². The van der Waals surface area contributed by atoms with Gasteiger partial charge in [0.05, 0.1) is 17.1 Å². The van der Waals surface area contributed by atoms with Gasteiger partial charge in [0, 0.05) is 23.8 Å². The quantitative estimate of drug-likeness (QED) is 0.680. The second kappa shape index (κ2) is 7.31. The van der Waals surface area contributed by atoms with E-state index in [4.69, 9.17) is 5.11 Å². The smallest absolute Gasteiger partial charge is 0.335 e. The topological polar surface area (TPSA) is 55.1 Å². The van der Waals surface area contributed by atoms with Gasteiger partial charge in [-0.3, -0.25) is 0 Å². The van der Waals surface area contributed by atoms with Crippen molar-refractivity contribution in [1.29, 1.82) is 0 Å². The van der Waals surface area contributed by atoms with Crippen LogP contribution < -0.4 is 0 Å². The molecule has 1 unspecified atom stereocenters. The fourth-order valence-electron chi connectivity index (χ4n) is 2.31. The summed E-state index contributed by atoms with van der Waals surface area (Å²) in [6.07, 6.45) is 5.34. The molecule has 24 heavy (non-hydrogen) atoms. The number of thioether (sulfide) groups is 1. The van der Waals surface area contributed by atoms with Crippen LogP contribution in [0.1, 0.15) is 21.2 Å². The zero-order valence-electron chi connectivity index (χ0n) is 12.7. The Morgan fingerprint density at radius 2 is 1.88 bits per heavy atom. The van der Waals surface area contributed by atoms with Gasteiger partial charge in [-0.2, -0.15) is 0 Å². The average Bonchev–Trinajstić information content (AvgIpc) is 3.08. The van der Waals surface area contributed by atoms with E-state index in [1.54, 1.807) is 60.7 Å². The Morgan fingerprint density at radius 3 is 2.46 bits per heavy atom. The molecule has 1 N–H and O–H groups in total. The molecule has 0 aliphatic heterocycles. The fraction of sp³-hybridized carbons (Fsp3) is 0.111. The molecule has 1 atom stereocenters. The van der Waals surface area contributed by atoms with Crippen molar-refractivity contribution in [3.63, 3.8) is 0 Å². The zero-order valence-corrected chi connectivity index (χ0v) is 13.5. The molecular formula is C18H15FN2O2S. The molecule has 2 aromatic carbocycles. The monoisotopic (exact) mass is 342 g/mol. The maximum atomic E-state index is 13.2. The number of halogens is 1. The highest BCUT2D eigenvalue weighted by molar-refractivity contribution is 7.99. The van der Waals surface area contributed by atoms with Crippen molar-refractivity contribution in [2.45, 2.75) is 16.7 Å². The van der Waals surface area contributed by atoms with Gasteiger partial charge in [-0.05, 0) is 42.0 Å². The van der Waals surface area contributed by atoms with Crippen molar-refractivity contribution < 1.29 is 14.3 Å². The summed E-state index contributed by atoms with van der Waals surface area (Å²) in [7, 11) is 0. The van der Waals surface area contributed by atoms with Gasteiger partial charge in [0.15, 0.2) is 0 Å². The lowest BCUT2D eigenvalue weighted by atomic mass is 10.1. The molecular weight excluding hydrogens is 327 g/mol. The van der Waals surface area contributed by atoms with Gasteiger partial charge in [-0.15, -0.1) is 11.8 Å². The third-order valence-electron chi connectivity index (χ3n) is 3.56. The maximum absolute atomic E-state index is 13.2. The predicted molar refractivity (Wildman–Crippen MR) is 90.6 cm³/mol. The number of carboxylic acid groups (broad SMARTS) is 1. The predicted octanol–water partition coefficient (Wildman–Crippen LogP) is 4.25. The molecule has 0 amide bonds. The Balaban J connectivity index is 1.83. The summed E-state index contributed by atoms with van der Waals surface area (Å²) in [6, 6.07) is 13.2. The SMILES string of the molecule is O=C(O)c1ccc(SC(Cn2ccnc2)c2ccc(F)cc2)cc1. The van der Waals surface area contributed by atoms with E-state index >= 15 is 0 Å². The van der Waals surface area contributed by atoms with E-state index < -0.39 is 5.97 Å². The lowest BCUT2D eigenvalue weighted by Gasteiger charge is -2.18. The fourth-order valence-corrected chi connectivity index (χ4v) is 3.48. The number of aromatic carboxylic acids is 1. The van der Waals surface area contributed by atoms with Crippen LogP contribution in [0.4, 0.5) is 4.39 Å². The first-order valence-corrected chi connectivity index (χ1v) is 8.21. The minimum atomic E-state index is -0.944. The number of benzene rings is 2. The molecule has 0 aliphatic rings. The Kier molecular flexibility index (Phi) is 4.96. The molecule has 0 fully saturated rings. The van der Waals surface area contributed by atoms with Gasteiger partial charge >= 0.3 is 5.97 Å². The second-order valence-corrected chi connectivity index (χ2v) is 6.52. The number of aromatic nitrogens is 2. The number of hydrogen-bond acceptors (Lipinski definition) is 3. The number of rotatable bonds is 6. The highest BCUT2D eigenvalue weighted by Crippen LogP contribution is 2.36. The number of hydrogen-bond donors (Lipinski definition) is 1. The van der Waals surface area contributed by atoms with Gasteiger partial charge in [-0.1, -0.05) is 12.1 Å². The Hall–Kier alpha value is -2.60. The largest absolute Gasteiger partial charge is 0.478 e. The van der Waals surface area contributed by atoms with E-state index in [0.29, 0.717) is 6.54 Å². The number of carboxylic acids is 1. The van der Waals surface area contributed by atoms with E-state index in [0.717, 1.165) is 10.5 Å². The first kappa shape index (κ1) is 16.3. The summed E-state index contributed by atoms with van der Waals surface area (Å²) in [4.78, 5) is 15.9. The van der Waals surface area contributed by atoms with Gasteiger partial charge in [0.2, 0.25) is 0 Å². The first-order chi connectivity index (χ1) is 11.6. The van der Waals surface area contributed by atoms with Crippen molar-refractivity contribution in [3.05, 3.63) is 84.2 Å². The minimum absolute atomic E-state index is 0.0514. The molecule has 0 bridgehead atoms. The third-order valence-corrected chi connectivity index (χ3v) is 4.81. The summed E-state index contributed by atoms with van der Waals surface area (Å²) in [5.41, 5.74) is 1.25. The van der Waals surface area contributed by atoms with Crippen LogP contribution in [0.2, 0.25) is 0 Å². The van der Waals surface area contributed by atoms with Gasteiger partial charge in [-0.25, -0.2) is 14.2 Å². The summed E-state index contributed by atoms with van der Waals surface area (Å²) in [6.45, 7) is 0.678. The van der Waals surface area contributed by atoms with E-state index in [1.807, 2.05) is 10.8 Å². The zero-order chi connectivity index (χ0) is 16.9. The van der Waals surface area contributed by atoms with Crippen LogP contribution in [0, 0.1) is 5.82 Å². The molecule has 3 aromatic rings. The van der Waals surface area contributed by atoms with Crippen molar-refractivity contribution in [3.8, 4) is 0 Å². The molecule has 0 aliphatic carbocycles. The standard InChI is InChI=1S/C18H15FN2O2S/c19-15-5-1-13(2-6-15)17(11-21-10-9-20-12-21)24-16-7-3-14(4-8-16)18(22)23/h1-10,12,17H,11H2,(H,22,23). The van der Waals surface area contributed by atoms with Crippen LogP contribution in [-0.4, -0.2) is 20.6 Å². The summed E-state index contributed by atoms with van der Waals surface area (Å²) in [5, 5.41) is 9.03. The summed E-state index contributed by atoms with van der Waals surface area (Å²) < 4.78 is 15.2. The molecule has 1 aromatic heterocycles. The lowest BCUT2D eigenvalue weighted by Crippen LogP contribution is -2.05. The molecule has 0 radical (unpaired) electrons. The molecule has 0 saturated carbocycles. The lowest BCUT2D eigenvalue weighted by molar-refractivity contribution is 0.0697. The summed E-state index contributed by atoms with van der Waals surface area (Å²) >= 11 is 1.60. The number of imidazole rings is 1. The Bertz CT molecular complexity index is 802. The van der Waals surface area contributed by atoms with Crippen molar-refractivity contribution in [2.24, 2.45) is 0 Å². The molecule has 3 rings (SSSR count). The molecule has 0 spiro atoms. The van der Waals surface area contributed by atoms with Crippen LogP contribution in [0.3, 0.4) is 0 Å². The molecule has 122 valence electrons. The molecule has 0 saturated heterocycles. The Labute approximate surface area is 143 Å². The van der Waals surface area contributed by atoms with Crippen LogP contribution in [-0.2, 0) is 6.54 Å². The van der Waals surface area contributed by atoms with Crippen molar-refractivity contribution in [1.82, 2.24) is 9.55 Å². The first-order valence-electron chi connectivity index (χ1n) is 7.33. The van der Waals surface area contributed by atoms with Crippen LogP contribution in [0.25, 0.3) is 0 Å². The molecule has 1 heterocycles. The summed E-state index contributed by atoms with van der Waals surface area (Å²) in [5.74, 6) is -1.21. The minimum Gasteiger partial charge on any atom is -0.478 e. The van der Waals surface area contributed by atoms with Crippen LogP contribution >= 0.6 is 11.8 Å². The number of nitrogens with zero attached hydrogens (tertiary/aromatic N) is 2. The molecule has 4 nitrogen and oxygen atoms in total. The van der Waals surface area contributed by atoms with Gasteiger partial charge in [0.1, 0.15) is 5.82 Å². The normalized spacial score (nSPS) is 12.0. The Morgan fingerprint density at radius 1 is 1.17 bits per heavy atom. The average molecular weight is 342 g/mol. The highest BCUT2D eigenvalue weighted by Gasteiger charge is 2.15. The third kappa shape index (κ3) is 4.02. The maximum Gasteiger partial charge on any atom is 0.335 e. The van der Waals surface area contributed by atoms with Crippen molar-refractivity contribution in [2.75, 3.05) is 0 Å². The van der Waals surface area contributed by atoms with E-state index in [-0.39, 0.29) is 16.6 Å². The van der Waals surface area contributed by atoms with Gasteiger partial charge < -0.3 is 9.67 Å². The van der Waals surface area contributed by atoms with E-state index in [1.165, 1.54) is 12.1 Å². The van der Waals surface area contributed by atoms with E-state index in [2.05, 4.69) is 4.98 Å². The number of carbonyl (C=O) groups is 1. The highest BCUT2D eigenvalue weighted by atomic mass is 32.2.